The molecule has 1 aliphatic heterocycles. The van der Waals surface area contributed by atoms with Crippen LogP contribution in [0.2, 0.25) is 0 Å². The summed E-state index contributed by atoms with van der Waals surface area (Å²) in [6.07, 6.45) is 3.77. The molecule has 106 valence electrons. The van der Waals surface area contributed by atoms with Crippen molar-refractivity contribution in [3.05, 3.63) is 41.6 Å². The molecular weight excluding hydrogens is 264 g/mol. The molecule has 2 N–H and O–H groups in total. The minimum absolute atomic E-state index is 0.161. The van der Waals surface area contributed by atoms with Crippen molar-refractivity contribution in [3.63, 3.8) is 0 Å². The van der Waals surface area contributed by atoms with E-state index < -0.39 is 0 Å². The number of aromatic nitrogens is 1. The number of fused-ring (bicyclic) bond motifs is 1. The fraction of sp³-hybridized carbons (Fsp3) is 0.471. The van der Waals surface area contributed by atoms with Gasteiger partial charge in [-0.25, -0.2) is 0 Å². The molecule has 0 aliphatic carbocycles. The first-order valence-electron chi connectivity index (χ1n) is 7.43. The zero-order valence-corrected chi connectivity index (χ0v) is 12.8. The van der Waals surface area contributed by atoms with Gasteiger partial charge in [-0.2, -0.15) is 11.8 Å². The van der Waals surface area contributed by atoms with Crippen molar-refractivity contribution in [1.82, 2.24) is 4.98 Å². The number of pyridine rings is 1. The zero-order valence-electron chi connectivity index (χ0n) is 12.0. The van der Waals surface area contributed by atoms with Gasteiger partial charge in [0.1, 0.15) is 0 Å². The van der Waals surface area contributed by atoms with Crippen molar-refractivity contribution in [2.24, 2.45) is 11.7 Å². The average Bonchev–Trinajstić information content (AvgIpc) is 2.47. The molecule has 3 heteroatoms. The summed E-state index contributed by atoms with van der Waals surface area (Å²) in [5, 5.41) is 1.20. The summed E-state index contributed by atoms with van der Waals surface area (Å²) in [7, 11) is 0. The van der Waals surface area contributed by atoms with Crippen molar-refractivity contribution < 1.29 is 0 Å². The Bertz CT molecular complexity index is 591. The molecule has 2 aromatic rings. The highest BCUT2D eigenvalue weighted by molar-refractivity contribution is 7.99. The van der Waals surface area contributed by atoms with Crippen molar-refractivity contribution in [2.45, 2.75) is 32.2 Å². The lowest BCUT2D eigenvalue weighted by Gasteiger charge is -2.24. The predicted molar refractivity (Wildman–Crippen MR) is 88.1 cm³/mol. The number of hydrogen-bond donors (Lipinski definition) is 1. The fourth-order valence-electron chi connectivity index (χ4n) is 2.95. The summed E-state index contributed by atoms with van der Waals surface area (Å²) in [4.78, 5) is 4.55. The number of nitrogens with two attached hydrogens (primary N) is 1. The molecule has 20 heavy (non-hydrogen) atoms. The van der Waals surface area contributed by atoms with Crippen LogP contribution in [0.25, 0.3) is 10.9 Å². The minimum Gasteiger partial charge on any atom is -0.324 e. The van der Waals surface area contributed by atoms with Crippen LogP contribution in [0.15, 0.2) is 30.3 Å². The van der Waals surface area contributed by atoms with Crippen molar-refractivity contribution in [1.29, 1.82) is 0 Å². The lowest BCUT2D eigenvalue weighted by atomic mass is 9.91. The number of aryl methyl sites for hydroxylation is 1. The molecule has 0 radical (unpaired) electrons. The molecule has 0 bridgehead atoms. The molecule has 0 spiro atoms. The van der Waals surface area contributed by atoms with Gasteiger partial charge in [0.2, 0.25) is 0 Å². The maximum Gasteiger partial charge on any atom is 0.0705 e. The SMILES string of the molecule is Cc1ccc2cc(C(N)CC3CCSCC3)ccc2n1. The molecule has 1 atom stereocenters. The molecule has 0 saturated carbocycles. The van der Waals surface area contributed by atoms with E-state index in [0.717, 1.165) is 23.5 Å². The number of rotatable bonds is 3. The predicted octanol–water partition coefficient (Wildman–Crippen LogP) is 4.08. The number of hydrogen-bond acceptors (Lipinski definition) is 3. The number of benzene rings is 1. The monoisotopic (exact) mass is 286 g/mol. The van der Waals surface area contributed by atoms with Gasteiger partial charge in [-0.15, -0.1) is 0 Å². The van der Waals surface area contributed by atoms with Crippen LogP contribution in [0.1, 0.15) is 36.6 Å². The summed E-state index contributed by atoms with van der Waals surface area (Å²) in [5.41, 5.74) is 9.80. The van der Waals surface area contributed by atoms with E-state index >= 15 is 0 Å². The van der Waals surface area contributed by atoms with Crippen LogP contribution in [0, 0.1) is 12.8 Å². The highest BCUT2D eigenvalue weighted by atomic mass is 32.2. The summed E-state index contributed by atoms with van der Waals surface area (Å²) >= 11 is 2.08. The Hall–Kier alpha value is -1.06. The molecule has 2 heterocycles. The van der Waals surface area contributed by atoms with E-state index in [1.54, 1.807) is 0 Å². The van der Waals surface area contributed by atoms with Crippen LogP contribution in [0.5, 0.6) is 0 Å². The molecule has 1 aromatic heterocycles. The minimum atomic E-state index is 0.161. The Morgan fingerprint density at radius 3 is 2.85 bits per heavy atom. The van der Waals surface area contributed by atoms with Crippen molar-refractivity contribution in [3.8, 4) is 0 Å². The Kier molecular flexibility index (Phi) is 4.27. The molecular formula is C17H22N2S. The third-order valence-corrected chi connectivity index (χ3v) is 5.26. The molecule has 1 aliphatic rings. The second-order valence-corrected chi connectivity index (χ2v) is 7.03. The van der Waals surface area contributed by atoms with Gasteiger partial charge in [0.25, 0.3) is 0 Å². The first kappa shape index (κ1) is 13.9. The molecule has 1 fully saturated rings. The van der Waals surface area contributed by atoms with E-state index in [0.29, 0.717) is 0 Å². The molecule has 1 unspecified atom stereocenters. The molecule has 3 rings (SSSR count). The third kappa shape index (κ3) is 3.15. The molecule has 2 nitrogen and oxygen atoms in total. The lowest BCUT2D eigenvalue weighted by molar-refractivity contribution is 0.413. The van der Waals surface area contributed by atoms with Crippen LogP contribution in [-0.2, 0) is 0 Å². The van der Waals surface area contributed by atoms with Gasteiger partial charge < -0.3 is 5.73 Å². The van der Waals surface area contributed by atoms with E-state index in [1.807, 2.05) is 6.92 Å². The first-order valence-corrected chi connectivity index (χ1v) is 8.58. The van der Waals surface area contributed by atoms with Crippen LogP contribution in [0.3, 0.4) is 0 Å². The maximum atomic E-state index is 6.42. The Morgan fingerprint density at radius 1 is 1.25 bits per heavy atom. The van der Waals surface area contributed by atoms with Crippen LogP contribution >= 0.6 is 11.8 Å². The average molecular weight is 286 g/mol. The summed E-state index contributed by atoms with van der Waals surface area (Å²) in [6, 6.07) is 10.8. The Labute approximate surface area is 125 Å². The van der Waals surface area contributed by atoms with Gasteiger partial charge in [0, 0.05) is 17.1 Å². The van der Waals surface area contributed by atoms with E-state index in [-0.39, 0.29) is 6.04 Å². The van der Waals surface area contributed by atoms with Gasteiger partial charge >= 0.3 is 0 Å². The third-order valence-electron chi connectivity index (χ3n) is 4.21. The molecule has 0 amide bonds. The summed E-state index contributed by atoms with van der Waals surface area (Å²) < 4.78 is 0. The summed E-state index contributed by atoms with van der Waals surface area (Å²) in [5.74, 6) is 3.41. The van der Waals surface area contributed by atoms with E-state index in [9.17, 15) is 0 Å². The van der Waals surface area contributed by atoms with E-state index in [4.69, 9.17) is 5.73 Å². The standard InChI is InChI=1S/C17H22N2S/c1-12-2-3-15-11-14(4-5-17(15)19-12)16(18)10-13-6-8-20-9-7-13/h2-5,11,13,16H,6-10,18H2,1H3. The normalized spacial score (nSPS) is 18.3. The van der Waals surface area contributed by atoms with Gasteiger partial charge in [-0.3, -0.25) is 4.98 Å². The van der Waals surface area contributed by atoms with Crippen LogP contribution in [-0.4, -0.2) is 16.5 Å². The highest BCUT2D eigenvalue weighted by Crippen LogP contribution is 2.30. The van der Waals surface area contributed by atoms with E-state index in [1.165, 1.54) is 35.3 Å². The topological polar surface area (TPSA) is 38.9 Å². The fourth-order valence-corrected chi connectivity index (χ4v) is 4.16. The molecule has 1 saturated heterocycles. The maximum absolute atomic E-state index is 6.42. The molecule has 1 aromatic carbocycles. The Morgan fingerprint density at radius 2 is 2.05 bits per heavy atom. The van der Waals surface area contributed by atoms with Gasteiger partial charge in [0.05, 0.1) is 5.52 Å². The van der Waals surface area contributed by atoms with Gasteiger partial charge in [0.15, 0.2) is 0 Å². The quantitative estimate of drug-likeness (QED) is 0.924. The lowest BCUT2D eigenvalue weighted by Crippen LogP contribution is -2.18. The first-order chi connectivity index (χ1) is 9.72. The number of thioether (sulfide) groups is 1. The van der Waals surface area contributed by atoms with Crippen molar-refractivity contribution in [2.75, 3.05) is 11.5 Å². The zero-order chi connectivity index (χ0) is 13.9. The number of nitrogens with zero attached hydrogens (tertiary/aromatic N) is 1. The smallest absolute Gasteiger partial charge is 0.0705 e. The largest absolute Gasteiger partial charge is 0.324 e. The van der Waals surface area contributed by atoms with Crippen LogP contribution in [0.4, 0.5) is 0 Å². The summed E-state index contributed by atoms with van der Waals surface area (Å²) in [6.45, 7) is 2.03. The second kappa shape index (κ2) is 6.15. The highest BCUT2D eigenvalue weighted by Gasteiger charge is 2.18. The van der Waals surface area contributed by atoms with Crippen LogP contribution < -0.4 is 5.73 Å². The van der Waals surface area contributed by atoms with Gasteiger partial charge in [-0.05, 0) is 67.4 Å². The van der Waals surface area contributed by atoms with E-state index in [2.05, 4.69) is 47.1 Å². The van der Waals surface area contributed by atoms with Gasteiger partial charge in [-0.1, -0.05) is 12.1 Å². The Balaban J connectivity index is 1.76. The second-order valence-electron chi connectivity index (χ2n) is 5.80. The van der Waals surface area contributed by atoms with Crippen molar-refractivity contribution >= 4 is 22.7 Å².